The van der Waals surface area contributed by atoms with E-state index >= 15 is 0 Å². The van der Waals surface area contributed by atoms with Gasteiger partial charge in [0, 0.05) is 31.4 Å². The van der Waals surface area contributed by atoms with Gasteiger partial charge in [0.1, 0.15) is 0 Å². The first-order chi connectivity index (χ1) is 15.4. The van der Waals surface area contributed by atoms with Crippen molar-refractivity contribution in [3.63, 3.8) is 0 Å². The molecule has 2 aromatic carbocycles. The third-order valence-electron chi connectivity index (χ3n) is 5.31. The Labute approximate surface area is 194 Å². The molecule has 0 spiro atoms. The van der Waals surface area contributed by atoms with Crippen molar-refractivity contribution in [2.45, 2.75) is 38.8 Å². The number of hydrogen-bond donors (Lipinski definition) is 2. The SMILES string of the molecule is CC(C)c1ccc(C(NC(=O)CCNC(=O)N(C)Cc2ccccc2)c2cccs2)cc1. The first-order valence-electron chi connectivity index (χ1n) is 10.9. The summed E-state index contributed by atoms with van der Waals surface area (Å²) in [4.78, 5) is 27.7. The summed E-state index contributed by atoms with van der Waals surface area (Å²) in [5.41, 5.74) is 3.38. The van der Waals surface area contributed by atoms with Crippen LogP contribution in [0.15, 0.2) is 72.1 Å². The molecule has 1 heterocycles. The van der Waals surface area contributed by atoms with E-state index < -0.39 is 0 Å². The molecule has 5 nitrogen and oxygen atoms in total. The maximum Gasteiger partial charge on any atom is 0.317 e. The molecular weight excluding hydrogens is 418 g/mol. The molecule has 0 fully saturated rings. The predicted molar refractivity (Wildman–Crippen MR) is 131 cm³/mol. The molecule has 0 bridgehead atoms. The Bertz CT molecular complexity index is 986. The van der Waals surface area contributed by atoms with E-state index in [1.54, 1.807) is 23.3 Å². The highest BCUT2D eigenvalue weighted by Gasteiger charge is 2.18. The van der Waals surface area contributed by atoms with Crippen molar-refractivity contribution in [2.24, 2.45) is 0 Å². The van der Waals surface area contributed by atoms with Gasteiger partial charge in [0.2, 0.25) is 5.91 Å². The van der Waals surface area contributed by atoms with Crippen molar-refractivity contribution in [1.29, 1.82) is 0 Å². The summed E-state index contributed by atoms with van der Waals surface area (Å²) in [5.74, 6) is 0.366. The summed E-state index contributed by atoms with van der Waals surface area (Å²) in [6.07, 6.45) is 0.219. The Morgan fingerprint density at radius 3 is 2.25 bits per heavy atom. The van der Waals surface area contributed by atoms with Gasteiger partial charge in [0.25, 0.3) is 0 Å². The molecule has 0 saturated heterocycles. The van der Waals surface area contributed by atoms with Crippen LogP contribution >= 0.6 is 11.3 Å². The number of urea groups is 1. The second-order valence-corrected chi connectivity index (χ2v) is 9.14. The van der Waals surface area contributed by atoms with Crippen LogP contribution in [0.3, 0.4) is 0 Å². The molecule has 168 valence electrons. The van der Waals surface area contributed by atoms with Crippen LogP contribution < -0.4 is 10.6 Å². The number of carbonyl (C=O) groups excluding carboxylic acids is 2. The number of benzene rings is 2. The molecule has 0 radical (unpaired) electrons. The first-order valence-corrected chi connectivity index (χ1v) is 11.8. The fourth-order valence-electron chi connectivity index (χ4n) is 3.43. The molecule has 6 heteroatoms. The fraction of sp³-hybridized carbons (Fsp3) is 0.308. The van der Waals surface area contributed by atoms with Crippen molar-refractivity contribution < 1.29 is 9.59 Å². The van der Waals surface area contributed by atoms with Crippen LogP contribution in [0.4, 0.5) is 4.79 Å². The van der Waals surface area contributed by atoms with E-state index in [1.165, 1.54) is 5.56 Å². The van der Waals surface area contributed by atoms with E-state index in [9.17, 15) is 9.59 Å². The molecular formula is C26H31N3O2S. The highest BCUT2D eigenvalue weighted by Crippen LogP contribution is 2.27. The van der Waals surface area contributed by atoms with Crippen molar-refractivity contribution in [2.75, 3.05) is 13.6 Å². The number of nitrogens with zero attached hydrogens (tertiary/aromatic N) is 1. The van der Waals surface area contributed by atoms with Gasteiger partial charge < -0.3 is 15.5 Å². The molecule has 32 heavy (non-hydrogen) atoms. The lowest BCUT2D eigenvalue weighted by molar-refractivity contribution is -0.121. The number of amides is 3. The van der Waals surface area contributed by atoms with Gasteiger partial charge >= 0.3 is 6.03 Å². The second-order valence-electron chi connectivity index (χ2n) is 8.16. The van der Waals surface area contributed by atoms with Gasteiger partial charge in [-0.15, -0.1) is 11.3 Å². The molecule has 1 unspecified atom stereocenters. The van der Waals surface area contributed by atoms with Crippen molar-refractivity contribution in [1.82, 2.24) is 15.5 Å². The average Bonchev–Trinajstić information content (AvgIpc) is 3.33. The highest BCUT2D eigenvalue weighted by atomic mass is 32.1. The molecule has 0 aliphatic carbocycles. The van der Waals surface area contributed by atoms with E-state index in [-0.39, 0.29) is 30.9 Å². The number of thiophene rings is 1. The van der Waals surface area contributed by atoms with Gasteiger partial charge in [-0.25, -0.2) is 4.79 Å². The van der Waals surface area contributed by atoms with Gasteiger partial charge in [-0.3, -0.25) is 4.79 Å². The first kappa shape index (κ1) is 23.5. The van der Waals surface area contributed by atoms with Crippen LogP contribution in [0, 0.1) is 0 Å². The molecule has 3 rings (SSSR count). The summed E-state index contributed by atoms with van der Waals surface area (Å²) < 4.78 is 0. The summed E-state index contributed by atoms with van der Waals surface area (Å²) in [7, 11) is 1.75. The molecule has 0 aliphatic rings. The smallest absolute Gasteiger partial charge is 0.317 e. The average molecular weight is 450 g/mol. The molecule has 0 saturated carbocycles. The molecule has 1 aromatic heterocycles. The standard InChI is InChI=1S/C26H31N3O2S/c1-19(2)21-11-13-22(14-12-21)25(23-10-7-17-32-23)28-24(30)15-16-27-26(31)29(3)18-20-8-5-4-6-9-20/h4-14,17,19,25H,15-16,18H2,1-3H3,(H,27,31)(H,28,30). The van der Waals surface area contributed by atoms with Crippen LogP contribution in [0.2, 0.25) is 0 Å². The van der Waals surface area contributed by atoms with Crippen LogP contribution in [-0.4, -0.2) is 30.4 Å². The summed E-state index contributed by atoms with van der Waals surface area (Å²) >= 11 is 1.62. The number of rotatable bonds is 9. The normalized spacial score (nSPS) is 11.8. The van der Waals surface area contributed by atoms with E-state index in [0.29, 0.717) is 12.5 Å². The summed E-state index contributed by atoms with van der Waals surface area (Å²) in [5, 5.41) is 7.98. The summed E-state index contributed by atoms with van der Waals surface area (Å²) in [6.45, 7) is 5.14. The zero-order valence-electron chi connectivity index (χ0n) is 18.9. The monoisotopic (exact) mass is 449 g/mol. The van der Waals surface area contributed by atoms with Crippen molar-refractivity contribution in [3.8, 4) is 0 Å². The Balaban J connectivity index is 1.53. The quantitative estimate of drug-likeness (QED) is 0.465. The largest absolute Gasteiger partial charge is 0.344 e. The lowest BCUT2D eigenvalue weighted by Crippen LogP contribution is -2.39. The topological polar surface area (TPSA) is 61.4 Å². The Morgan fingerprint density at radius 1 is 0.938 bits per heavy atom. The minimum atomic E-state index is -0.194. The van der Waals surface area contributed by atoms with Gasteiger partial charge in [0.15, 0.2) is 0 Å². The fourth-order valence-corrected chi connectivity index (χ4v) is 4.23. The number of hydrogen-bond acceptors (Lipinski definition) is 3. The highest BCUT2D eigenvalue weighted by molar-refractivity contribution is 7.10. The van der Waals surface area contributed by atoms with Crippen molar-refractivity contribution >= 4 is 23.3 Å². The Kier molecular flexibility index (Phi) is 8.45. The van der Waals surface area contributed by atoms with Crippen molar-refractivity contribution in [3.05, 3.63) is 93.7 Å². The van der Waals surface area contributed by atoms with E-state index in [2.05, 4.69) is 48.7 Å². The van der Waals surface area contributed by atoms with Gasteiger partial charge in [-0.2, -0.15) is 0 Å². The molecule has 2 N–H and O–H groups in total. The van der Waals surface area contributed by atoms with Gasteiger partial charge in [-0.1, -0.05) is 74.5 Å². The summed E-state index contributed by atoms with van der Waals surface area (Å²) in [6, 6.07) is 21.9. The second kappa shape index (κ2) is 11.5. The van der Waals surface area contributed by atoms with E-state index in [1.807, 2.05) is 47.8 Å². The third-order valence-corrected chi connectivity index (χ3v) is 6.24. The van der Waals surface area contributed by atoms with E-state index in [4.69, 9.17) is 0 Å². The van der Waals surface area contributed by atoms with Crippen LogP contribution in [-0.2, 0) is 11.3 Å². The number of nitrogens with one attached hydrogen (secondary N) is 2. The predicted octanol–water partition coefficient (Wildman–Crippen LogP) is 5.31. The Hall–Kier alpha value is -3.12. The van der Waals surface area contributed by atoms with E-state index in [0.717, 1.165) is 16.0 Å². The molecule has 1 atom stereocenters. The maximum atomic E-state index is 12.7. The zero-order chi connectivity index (χ0) is 22.9. The lowest BCUT2D eigenvalue weighted by atomic mass is 9.98. The Morgan fingerprint density at radius 2 is 1.62 bits per heavy atom. The van der Waals surface area contributed by atoms with Gasteiger partial charge in [0.05, 0.1) is 6.04 Å². The minimum Gasteiger partial charge on any atom is -0.344 e. The van der Waals surface area contributed by atoms with Crippen LogP contribution in [0.25, 0.3) is 0 Å². The maximum absolute atomic E-state index is 12.7. The van der Waals surface area contributed by atoms with Crippen LogP contribution in [0.5, 0.6) is 0 Å². The number of carbonyl (C=O) groups is 2. The van der Waals surface area contributed by atoms with Crippen LogP contribution in [0.1, 0.15) is 53.8 Å². The van der Waals surface area contributed by atoms with Gasteiger partial charge in [-0.05, 0) is 34.1 Å². The molecule has 3 amide bonds. The third kappa shape index (κ3) is 6.69. The zero-order valence-corrected chi connectivity index (χ0v) is 19.7. The minimum absolute atomic E-state index is 0.0950. The molecule has 0 aliphatic heterocycles. The lowest BCUT2D eigenvalue weighted by Gasteiger charge is -2.20. The molecule has 3 aromatic rings.